The molecule has 1 heterocycles. The molecule has 1 rings (SSSR count). The third-order valence-corrected chi connectivity index (χ3v) is 1.71. The van der Waals surface area contributed by atoms with Crippen LogP contribution < -0.4 is 0 Å². The highest BCUT2D eigenvalue weighted by Crippen LogP contribution is 1.83. The van der Waals surface area contributed by atoms with Gasteiger partial charge in [-0.3, -0.25) is 0 Å². The minimum Gasteiger partial charge on any atom is -0.0840 e. The van der Waals surface area contributed by atoms with Gasteiger partial charge in [-0.25, -0.2) is 0 Å². The van der Waals surface area contributed by atoms with Gasteiger partial charge in [-0.15, -0.1) is 0 Å². The fourth-order valence-electron chi connectivity index (χ4n) is 0.470. The van der Waals surface area contributed by atoms with Crippen molar-refractivity contribution in [2.75, 3.05) is 0 Å². The predicted octanol–water partition coefficient (Wildman–Crippen LogP) is 1.04. The molecule has 1 heteroatoms. The molecule has 0 aliphatic carbocycles. The Balaban J connectivity index is 2.60. The average molecular weight is 107 g/mol. The summed E-state index contributed by atoms with van der Waals surface area (Å²) in [7, 11) is 0.996. The number of rotatable bonds is 0. The zero-order valence-electron chi connectivity index (χ0n) is 4.09. The van der Waals surface area contributed by atoms with Gasteiger partial charge in [-0.05, 0) is 6.04 Å². The van der Waals surface area contributed by atoms with E-state index in [1.54, 1.807) is 0 Å². The van der Waals surface area contributed by atoms with E-state index in [-0.39, 0.29) is 0 Å². The van der Waals surface area contributed by atoms with Crippen molar-refractivity contribution < 1.29 is 0 Å². The fourth-order valence-corrected chi connectivity index (χ4v) is 1.13. The topological polar surface area (TPSA) is 0 Å². The van der Waals surface area contributed by atoms with Gasteiger partial charge in [0.25, 0.3) is 0 Å². The molecule has 0 unspecified atom stereocenters. The molecule has 1 aliphatic rings. The van der Waals surface area contributed by atoms with E-state index in [4.69, 9.17) is 0 Å². The fraction of sp³-hybridized carbons (Fsp3) is 0.167. The maximum atomic E-state index is 2.21. The first kappa shape index (κ1) is 4.72. The third kappa shape index (κ3) is 1.64. The van der Waals surface area contributed by atoms with Crippen molar-refractivity contribution in [2.24, 2.45) is 0 Å². The van der Waals surface area contributed by atoms with Crippen LogP contribution >= 0.6 is 0 Å². The molecule has 0 saturated carbocycles. The smallest absolute Gasteiger partial charge is 0.0234 e. The molecule has 0 saturated heterocycles. The van der Waals surface area contributed by atoms with E-state index in [2.05, 4.69) is 30.0 Å². The van der Waals surface area contributed by atoms with Crippen molar-refractivity contribution in [3.05, 3.63) is 24.3 Å². The predicted molar refractivity (Wildman–Crippen MR) is 34.9 cm³/mol. The lowest BCUT2D eigenvalue weighted by Gasteiger charge is -1.67. The highest BCUT2D eigenvalue weighted by molar-refractivity contribution is 6.49. The minimum absolute atomic E-state index is 0.996. The van der Waals surface area contributed by atoms with Crippen LogP contribution in [0.3, 0.4) is 0 Å². The second-order valence-corrected chi connectivity index (χ2v) is 2.54. The SMILES string of the molecule is C1=CC=[Si]CC=C1. The van der Waals surface area contributed by atoms with Gasteiger partial charge in [0.2, 0.25) is 0 Å². The van der Waals surface area contributed by atoms with Gasteiger partial charge < -0.3 is 0 Å². The van der Waals surface area contributed by atoms with Crippen LogP contribution in [0.15, 0.2) is 24.3 Å². The zero-order chi connectivity index (χ0) is 4.95. The van der Waals surface area contributed by atoms with Crippen LogP contribution in [-0.4, -0.2) is 14.8 Å². The van der Waals surface area contributed by atoms with Crippen LogP contribution in [0, 0.1) is 0 Å². The molecule has 7 heavy (non-hydrogen) atoms. The summed E-state index contributed by atoms with van der Waals surface area (Å²) in [5.41, 5.74) is 2.21. The number of hydrogen-bond acceptors (Lipinski definition) is 0. The standard InChI is InChI=1S/C6H7Si/c1-2-4-6-7-5-3-1/h1-5H,6H2. The third-order valence-electron chi connectivity index (χ3n) is 0.808. The molecule has 1 aliphatic heterocycles. The van der Waals surface area contributed by atoms with E-state index in [1.165, 1.54) is 6.04 Å². The summed E-state index contributed by atoms with van der Waals surface area (Å²) >= 11 is 0. The monoisotopic (exact) mass is 107 g/mol. The van der Waals surface area contributed by atoms with Crippen LogP contribution in [0.25, 0.3) is 0 Å². The molecule has 0 spiro atoms. The van der Waals surface area contributed by atoms with Crippen LogP contribution in [-0.2, 0) is 0 Å². The lowest BCUT2D eigenvalue weighted by molar-refractivity contribution is 1.71. The van der Waals surface area contributed by atoms with Crippen LogP contribution in [0.5, 0.6) is 0 Å². The lowest BCUT2D eigenvalue weighted by Crippen LogP contribution is -1.72. The first-order valence-electron chi connectivity index (χ1n) is 2.38. The Morgan fingerprint density at radius 1 is 1.14 bits per heavy atom. The maximum Gasteiger partial charge on any atom is 0.0234 e. The first-order chi connectivity index (χ1) is 3.50. The van der Waals surface area contributed by atoms with Gasteiger partial charge in [0, 0.05) is 9.13 Å². The summed E-state index contributed by atoms with van der Waals surface area (Å²) in [4.78, 5) is 0. The van der Waals surface area contributed by atoms with Gasteiger partial charge >= 0.3 is 0 Å². The van der Waals surface area contributed by atoms with Crippen molar-refractivity contribution in [1.82, 2.24) is 0 Å². The molecule has 0 atom stereocenters. The molecular formula is C6H7Si. The van der Waals surface area contributed by atoms with Crippen molar-refractivity contribution in [2.45, 2.75) is 6.04 Å². The van der Waals surface area contributed by atoms with Crippen LogP contribution in [0.4, 0.5) is 0 Å². The maximum absolute atomic E-state index is 2.21. The van der Waals surface area contributed by atoms with Gasteiger partial charge in [0.1, 0.15) is 0 Å². The van der Waals surface area contributed by atoms with Crippen molar-refractivity contribution in [3.8, 4) is 0 Å². The number of allylic oxidation sites excluding steroid dienone is 4. The second-order valence-electron chi connectivity index (χ2n) is 1.39. The normalized spacial score (nSPS) is 17.1. The Hall–Kier alpha value is -0.433. The van der Waals surface area contributed by atoms with Crippen molar-refractivity contribution in [3.63, 3.8) is 0 Å². The Morgan fingerprint density at radius 3 is 3.14 bits per heavy atom. The molecule has 35 valence electrons. The van der Waals surface area contributed by atoms with E-state index in [0.717, 1.165) is 9.13 Å². The molecule has 0 nitrogen and oxygen atoms in total. The van der Waals surface area contributed by atoms with Gasteiger partial charge in [-0.2, -0.15) is 0 Å². The Kier molecular flexibility index (Phi) is 1.82. The lowest BCUT2D eigenvalue weighted by atomic mass is 10.5. The zero-order valence-corrected chi connectivity index (χ0v) is 5.09. The summed E-state index contributed by atoms with van der Waals surface area (Å²) in [6.07, 6.45) is 8.46. The van der Waals surface area contributed by atoms with E-state index in [9.17, 15) is 0 Å². The quantitative estimate of drug-likeness (QED) is 0.406. The molecule has 0 N–H and O–H groups in total. The van der Waals surface area contributed by atoms with Gasteiger partial charge in [-0.1, -0.05) is 30.0 Å². The molecule has 0 aromatic carbocycles. The molecule has 0 aromatic heterocycles. The molecule has 0 bridgehead atoms. The molecule has 0 fully saturated rings. The molecular weight excluding hydrogens is 100 g/mol. The summed E-state index contributed by atoms with van der Waals surface area (Å²) in [6, 6.07) is 1.23. The summed E-state index contributed by atoms with van der Waals surface area (Å²) < 4.78 is 0. The first-order valence-corrected chi connectivity index (χ1v) is 3.67. The summed E-state index contributed by atoms with van der Waals surface area (Å²) in [5.74, 6) is 0. The Morgan fingerprint density at radius 2 is 2.14 bits per heavy atom. The van der Waals surface area contributed by atoms with E-state index in [0.29, 0.717) is 0 Å². The molecule has 0 amide bonds. The van der Waals surface area contributed by atoms with Gasteiger partial charge in [0.05, 0.1) is 0 Å². The van der Waals surface area contributed by atoms with E-state index >= 15 is 0 Å². The summed E-state index contributed by atoms with van der Waals surface area (Å²) in [6.45, 7) is 0. The van der Waals surface area contributed by atoms with Crippen LogP contribution in [0.2, 0.25) is 6.04 Å². The largest absolute Gasteiger partial charge is 0.0840 e. The average Bonchev–Trinajstić information content (AvgIpc) is 1.90. The molecule has 1 radical (unpaired) electrons. The van der Waals surface area contributed by atoms with Crippen molar-refractivity contribution >= 4 is 14.8 Å². The Labute approximate surface area is 46.0 Å². The van der Waals surface area contributed by atoms with Gasteiger partial charge in [0.15, 0.2) is 0 Å². The highest BCUT2D eigenvalue weighted by atomic mass is 28.2. The second kappa shape index (κ2) is 2.69. The van der Waals surface area contributed by atoms with E-state index in [1.807, 2.05) is 0 Å². The highest BCUT2D eigenvalue weighted by Gasteiger charge is 1.72. The number of hydrogen-bond donors (Lipinski definition) is 0. The Bertz CT molecular complexity index is 106. The van der Waals surface area contributed by atoms with Crippen molar-refractivity contribution in [1.29, 1.82) is 0 Å². The molecule has 0 aromatic rings. The minimum atomic E-state index is 0.996. The van der Waals surface area contributed by atoms with E-state index < -0.39 is 0 Å². The van der Waals surface area contributed by atoms with Crippen LogP contribution in [0.1, 0.15) is 0 Å². The summed E-state index contributed by atoms with van der Waals surface area (Å²) in [5, 5.41) is 0.